The summed E-state index contributed by atoms with van der Waals surface area (Å²) in [6.45, 7) is -0.0138. The molecule has 0 heterocycles. The van der Waals surface area contributed by atoms with Crippen LogP contribution in [0.2, 0.25) is 0 Å². The lowest BCUT2D eigenvalue weighted by atomic mass is 9.98. The molecule has 2 nitrogen and oxygen atoms in total. The number of hydrogen-bond donors (Lipinski definition) is 2. The molecule has 2 aromatic carbocycles. The lowest BCUT2D eigenvalue weighted by Gasteiger charge is -2.09. The van der Waals surface area contributed by atoms with Crippen molar-refractivity contribution in [2.24, 2.45) is 0 Å². The molecule has 0 saturated carbocycles. The minimum Gasteiger partial charge on any atom is -0.392 e. The smallest absolute Gasteiger partial charge is 0.0687 e. The van der Waals surface area contributed by atoms with Gasteiger partial charge in [-0.3, -0.25) is 0 Å². The summed E-state index contributed by atoms with van der Waals surface area (Å²) < 4.78 is 0. The molecule has 2 N–H and O–H groups in total. The summed E-state index contributed by atoms with van der Waals surface area (Å²) in [5.41, 5.74) is 3.76. The highest BCUT2D eigenvalue weighted by Gasteiger charge is 2.04. The third-order valence-corrected chi connectivity index (χ3v) is 2.61. The predicted molar refractivity (Wildman–Crippen MR) is 63.7 cm³/mol. The first kappa shape index (κ1) is 10.9. The zero-order valence-electron chi connectivity index (χ0n) is 8.93. The molecule has 0 saturated heterocycles. The van der Waals surface area contributed by atoms with E-state index in [0.29, 0.717) is 0 Å². The van der Waals surface area contributed by atoms with Gasteiger partial charge in [0, 0.05) is 0 Å². The van der Waals surface area contributed by atoms with Crippen LogP contribution in [0.15, 0.2) is 48.5 Å². The Morgan fingerprint density at radius 3 is 2.19 bits per heavy atom. The van der Waals surface area contributed by atoms with Crippen LogP contribution in [0.3, 0.4) is 0 Å². The maximum absolute atomic E-state index is 9.32. The summed E-state index contributed by atoms with van der Waals surface area (Å²) >= 11 is 0. The molecule has 2 heteroatoms. The van der Waals surface area contributed by atoms with E-state index in [1.807, 2.05) is 48.5 Å². The molecule has 0 aliphatic heterocycles. The highest BCUT2D eigenvalue weighted by molar-refractivity contribution is 5.67. The van der Waals surface area contributed by atoms with E-state index >= 15 is 0 Å². The molecule has 2 rings (SSSR count). The van der Waals surface area contributed by atoms with Crippen molar-refractivity contribution in [1.29, 1.82) is 0 Å². The summed E-state index contributed by atoms with van der Waals surface area (Å²) in [6, 6.07) is 15.6. The van der Waals surface area contributed by atoms with Crippen molar-refractivity contribution in [1.82, 2.24) is 0 Å². The van der Waals surface area contributed by atoms with E-state index in [2.05, 4.69) is 0 Å². The predicted octanol–water partition coefficient (Wildman–Crippen LogP) is 2.34. The van der Waals surface area contributed by atoms with Crippen LogP contribution in [0.25, 0.3) is 11.1 Å². The van der Waals surface area contributed by atoms with Gasteiger partial charge in [-0.2, -0.15) is 0 Å². The lowest BCUT2D eigenvalue weighted by Crippen LogP contribution is -1.92. The van der Waals surface area contributed by atoms with Crippen molar-refractivity contribution >= 4 is 0 Å². The molecule has 0 aliphatic rings. The molecular formula is C14H14O2. The summed E-state index contributed by atoms with van der Waals surface area (Å²) in [5.74, 6) is 0. The molecule has 2 aromatic rings. The Bertz CT molecular complexity index is 463. The second-order valence-electron chi connectivity index (χ2n) is 3.67. The molecule has 0 radical (unpaired) electrons. The Morgan fingerprint density at radius 2 is 1.56 bits per heavy atom. The minimum atomic E-state index is -0.0158. The first-order valence-electron chi connectivity index (χ1n) is 5.24. The highest BCUT2D eigenvalue weighted by atomic mass is 16.3. The van der Waals surface area contributed by atoms with Gasteiger partial charge in [-0.05, 0) is 22.3 Å². The molecule has 0 atom stereocenters. The van der Waals surface area contributed by atoms with Crippen LogP contribution < -0.4 is 0 Å². The molecule has 0 unspecified atom stereocenters. The molecule has 0 amide bonds. The van der Waals surface area contributed by atoms with Gasteiger partial charge in [-0.1, -0.05) is 48.5 Å². The Labute approximate surface area is 94.8 Å². The Kier molecular flexibility index (Phi) is 3.34. The van der Waals surface area contributed by atoms with Crippen molar-refractivity contribution in [3.63, 3.8) is 0 Å². The van der Waals surface area contributed by atoms with Crippen LogP contribution in [0.1, 0.15) is 11.1 Å². The van der Waals surface area contributed by atoms with E-state index in [0.717, 1.165) is 22.3 Å². The van der Waals surface area contributed by atoms with Gasteiger partial charge in [0.2, 0.25) is 0 Å². The normalized spacial score (nSPS) is 10.4. The first-order chi connectivity index (χ1) is 7.85. The number of aliphatic hydroxyl groups is 2. The van der Waals surface area contributed by atoms with Crippen molar-refractivity contribution in [2.45, 2.75) is 13.2 Å². The van der Waals surface area contributed by atoms with E-state index in [-0.39, 0.29) is 13.2 Å². The molecule has 0 aliphatic carbocycles. The standard InChI is InChI=1S/C14H14O2/c15-9-11-6-7-14(13(8-11)10-16)12-4-2-1-3-5-12/h1-8,15-16H,9-10H2. The fraction of sp³-hybridized carbons (Fsp3) is 0.143. The highest BCUT2D eigenvalue weighted by Crippen LogP contribution is 2.24. The van der Waals surface area contributed by atoms with E-state index in [1.54, 1.807) is 0 Å². The van der Waals surface area contributed by atoms with Crippen molar-refractivity contribution in [2.75, 3.05) is 0 Å². The molecular weight excluding hydrogens is 200 g/mol. The topological polar surface area (TPSA) is 40.5 Å². The van der Waals surface area contributed by atoms with E-state index in [9.17, 15) is 5.11 Å². The molecule has 82 valence electrons. The average molecular weight is 214 g/mol. The molecule has 0 spiro atoms. The van der Waals surface area contributed by atoms with Crippen LogP contribution in [0.5, 0.6) is 0 Å². The van der Waals surface area contributed by atoms with E-state index < -0.39 is 0 Å². The van der Waals surface area contributed by atoms with Gasteiger partial charge >= 0.3 is 0 Å². The van der Waals surface area contributed by atoms with Gasteiger partial charge in [0.25, 0.3) is 0 Å². The van der Waals surface area contributed by atoms with Gasteiger partial charge in [0.1, 0.15) is 0 Å². The Hall–Kier alpha value is -1.64. The van der Waals surface area contributed by atoms with Crippen LogP contribution in [-0.2, 0) is 13.2 Å². The summed E-state index contributed by atoms with van der Waals surface area (Å²) in [5, 5.41) is 18.4. The number of rotatable bonds is 3. The SMILES string of the molecule is OCc1ccc(-c2ccccc2)c(CO)c1. The van der Waals surface area contributed by atoms with Crippen molar-refractivity contribution in [3.05, 3.63) is 59.7 Å². The third-order valence-electron chi connectivity index (χ3n) is 2.61. The number of aliphatic hydroxyl groups excluding tert-OH is 2. The number of hydrogen-bond acceptors (Lipinski definition) is 2. The largest absolute Gasteiger partial charge is 0.392 e. The fourth-order valence-electron chi connectivity index (χ4n) is 1.78. The van der Waals surface area contributed by atoms with Crippen LogP contribution >= 0.6 is 0 Å². The van der Waals surface area contributed by atoms with E-state index in [4.69, 9.17) is 5.11 Å². The zero-order chi connectivity index (χ0) is 11.4. The Balaban J connectivity index is 2.49. The lowest BCUT2D eigenvalue weighted by molar-refractivity contribution is 0.276. The van der Waals surface area contributed by atoms with E-state index in [1.165, 1.54) is 0 Å². The summed E-state index contributed by atoms with van der Waals surface area (Å²) in [4.78, 5) is 0. The summed E-state index contributed by atoms with van der Waals surface area (Å²) in [6.07, 6.45) is 0. The van der Waals surface area contributed by atoms with Gasteiger partial charge < -0.3 is 10.2 Å². The van der Waals surface area contributed by atoms with Gasteiger partial charge in [0.15, 0.2) is 0 Å². The average Bonchev–Trinajstić information content (AvgIpc) is 2.39. The second-order valence-corrected chi connectivity index (χ2v) is 3.67. The maximum atomic E-state index is 9.32. The summed E-state index contributed by atoms with van der Waals surface area (Å²) in [7, 11) is 0. The third kappa shape index (κ3) is 2.13. The van der Waals surface area contributed by atoms with Gasteiger partial charge in [0.05, 0.1) is 13.2 Å². The molecule has 0 fully saturated rings. The van der Waals surface area contributed by atoms with Crippen molar-refractivity contribution in [3.8, 4) is 11.1 Å². The Morgan fingerprint density at radius 1 is 0.812 bits per heavy atom. The fourth-order valence-corrected chi connectivity index (χ4v) is 1.78. The van der Waals surface area contributed by atoms with Crippen LogP contribution in [-0.4, -0.2) is 10.2 Å². The minimum absolute atomic E-state index is 0.00205. The van der Waals surface area contributed by atoms with Crippen molar-refractivity contribution < 1.29 is 10.2 Å². The van der Waals surface area contributed by atoms with Crippen LogP contribution in [0.4, 0.5) is 0 Å². The molecule has 0 bridgehead atoms. The first-order valence-corrected chi connectivity index (χ1v) is 5.24. The molecule has 16 heavy (non-hydrogen) atoms. The second kappa shape index (κ2) is 4.92. The monoisotopic (exact) mass is 214 g/mol. The van der Waals surface area contributed by atoms with Gasteiger partial charge in [-0.15, -0.1) is 0 Å². The van der Waals surface area contributed by atoms with Gasteiger partial charge in [-0.25, -0.2) is 0 Å². The zero-order valence-corrected chi connectivity index (χ0v) is 8.93. The quantitative estimate of drug-likeness (QED) is 0.823. The van der Waals surface area contributed by atoms with Crippen LogP contribution in [0, 0.1) is 0 Å². The maximum Gasteiger partial charge on any atom is 0.0687 e. The number of benzene rings is 2. The molecule has 0 aromatic heterocycles.